The lowest BCUT2D eigenvalue weighted by atomic mass is 10.3. The molecule has 0 radical (unpaired) electrons. The number of hydrogen-bond acceptors (Lipinski definition) is 6. The van der Waals surface area contributed by atoms with E-state index in [-0.39, 0.29) is 28.5 Å². The molecule has 0 bridgehead atoms. The van der Waals surface area contributed by atoms with E-state index < -0.39 is 28.6 Å². The maximum Gasteiger partial charge on any atom is 0.422 e. The van der Waals surface area contributed by atoms with E-state index in [1.807, 2.05) is 0 Å². The number of halogens is 3. The topological polar surface area (TPSA) is 103 Å². The zero-order valence-corrected chi connectivity index (χ0v) is 15.2. The summed E-state index contributed by atoms with van der Waals surface area (Å²) >= 11 is 0. The van der Waals surface area contributed by atoms with Gasteiger partial charge in [-0.2, -0.15) is 13.2 Å². The fourth-order valence-electron chi connectivity index (χ4n) is 2.38. The van der Waals surface area contributed by atoms with Crippen LogP contribution in [0.4, 0.5) is 13.2 Å². The van der Waals surface area contributed by atoms with Crippen molar-refractivity contribution in [1.82, 2.24) is 14.3 Å². The van der Waals surface area contributed by atoms with Gasteiger partial charge in [-0.05, 0) is 18.2 Å². The van der Waals surface area contributed by atoms with Crippen LogP contribution >= 0.6 is 0 Å². The van der Waals surface area contributed by atoms with Gasteiger partial charge in [0.05, 0.1) is 10.4 Å². The summed E-state index contributed by atoms with van der Waals surface area (Å²) < 4.78 is 75.0. The quantitative estimate of drug-likeness (QED) is 0.658. The molecule has 28 heavy (non-hydrogen) atoms. The molecule has 0 amide bonds. The number of sulfonamides is 1. The highest BCUT2D eigenvalue weighted by molar-refractivity contribution is 7.89. The number of benzene rings is 1. The molecule has 2 heterocycles. The minimum absolute atomic E-state index is 0.0888. The van der Waals surface area contributed by atoms with Crippen LogP contribution in [0.2, 0.25) is 0 Å². The first-order valence-electron chi connectivity index (χ1n) is 7.79. The Hall–Kier alpha value is -2.86. The van der Waals surface area contributed by atoms with Crippen LogP contribution in [0.1, 0.15) is 5.56 Å². The predicted octanol–water partition coefficient (Wildman–Crippen LogP) is 1.95. The zero-order chi connectivity index (χ0) is 20.5. The number of nitrogens with one attached hydrogen (secondary N) is 1. The second-order valence-electron chi connectivity index (χ2n) is 5.75. The predicted molar refractivity (Wildman–Crippen MR) is 91.3 cm³/mol. The van der Waals surface area contributed by atoms with Gasteiger partial charge >= 0.3 is 11.9 Å². The Morgan fingerprint density at radius 1 is 1.29 bits per heavy atom. The molecule has 0 spiro atoms. The smallest absolute Gasteiger partial charge is 0.422 e. The third kappa shape index (κ3) is 4.34. The van der Waals surface area contributed by atoms with Crippen LogP contribution in [-0.2, 0) is 23.6 Å². The number of oxazole rings is 1. The Bertz CT molecular complexity index is 1170. The number of alkyl halides is 3. The van der Waals surface area contributed by atoms with Gasteiger partial charge in [0.2, 0.25) is 15.9 Å². The lowest BCUT2D eigenvalue weighted by molar-refractivity contribution is -0.154. The largest absolute Gasteiger partial charge is 0.468 e. The molecule has 3 rings (SSSR count). The van der Waals surface area contributed by atoms with Gasteiger partial charge in [0.1, 0.15) is 0 Å². The molecule has 0 fully saturated rings. The molecule has 0 saturated carbocycles. The van der Waals surface area contributed by atoms with E-state index in [4.69, 9.17) is 4.42 Å². The maximum atomic E-state index is 12.5. The Labute approximate surface area is 156 Å². The standard InChI is InChI=1S/C16H14F3N3O5S/c1-22-12-5-4-11(7-13(12)27-15(22)23)28(24,25)21-8-10-3-2-6-20-14(10)26-9-16(17,18)19/h2-7,21H,8-9H2,1H3. The van der Waals surface area contributed by atoms with Gasteiger partial charge in [-0.25, -0.2) is 22.9 Å². The van der Waals surface area contributed by atoms with E-state index in [1.165, 1.54) is 48.1 Å². The van der Waals surface area contributed by atoms with E-state index in [2.05, 4.69) is 14.4 Å². The van der Waals surface area contributed by atoms with E-state index in [0.29, 0.717) is 5.52 Å². The number of aromatic nitrogens is 2. The van der Waals surface area contributed by atoms with Crippen molar-refractivity contribution in [1.29, 1.82) is 0 Å². The molecule has 0 unspecified atom stereocenters. The number of pyridine rings is 1. The van der Waals surface area contributed by atoms with Gasteiger partial charge in [0.25, 0.3) is 0 Å². The van der Waals surface area contributed by atoms with Crippen LogP contribution < -0.4 is 15.2 Å². The Morgan fingerprint density at radius 3 is 2.75 bits per heavy atom. The first-order chi connectivity index (χ1) is 13.1. The molecule has 3 aromatic rings. The summed E-state index contributed by atoms with van der Waals surface area (Å²) in [6, 6.07) is 6.71. The summed E-state index contributed by atoms with van der Waals surface area (Å²) in [6.07, 6.45) is -3.32. The number of aryl methyl sites for hydroxylation is 1. The molecule has 150 valence electrons. The highest BCUT2D eigenvalue weighted by Crippen LogP contribution is 2.21. The molecular weight excluding hydrogens is 403 g/mol. The van der Waals surface area contributed by atoms with Gasteiger partial charge in [-0.1, -0.05) is 6.07 Å². The maximum absolute atomic E-state index is 12.5. The summed E-state index contributed by atoms with van der Waals surface area (Å²) in [5.74, 6) is -0.966. The highest BCUT2D eigenvalue weighted by Gasteiger charge is 2.29. The van der Waals surface area contributed by atoms with Crippen molar-refractivity contribution in [2.75, 3.05) is 6.61 Å². The number of rotatable bonds is 6. The molecule has 8 nitrogen and oxygen atoms in total. The minimum atomic E-state index is -4.55. The Balaban J connectivity index is 1.80. The molecule has 0 aliphatic carbocycles. The summed E-state index contributed by atoms with van der Waals surface area (Å²) in [6.45, 7) is -1.90. The van der Waals surface area contributed by atoms with Crippen LogP contribution in [0.3, 0.4) is 0 Å². The third-order valence-corrected chi connectivity index (χ3v) is 5.15. The van der Waals surface area contributed by atoms with E-state index in [0.717, 1.165) is 0 Å². The van der Waals surface area contributed by atoms with Crippen LogP contribution in [0.5, 0.6) is 5.88 Å². The van der Waals surface area contributed by atoms with Crippen molar-refractivity contribution in [3.05, 3.63) is 52.6 Å². The summed E-state index contributed by atoms with van der Waals surface area (Å²) in [5, 5.41) is 0. The molecule has 0 saturated heterocycles. The van der Waals surface area contributed by atoms with Crippen molar-refractivity contribution in [2.24, 2.45) is 7.05 Å². The van der Waals surface area contributed by atoms with Crippen LogP contribution in [-0.4, -0.2) is 30.8 Å². The fraction of sp³-hybridized carbons (Fsp3) is 0.250. The first kappa shape index (κ1) is 19.9. The van der Waals surface area contributed by atoms with Gasteiger partial charge in [-0.3, -0.25) is 4.57 Å². The molecule has 0 aliphatic rings. The number of ether oxygens (including phenoxy) is 1. The summed E-state index contributed by atoms with van der Waals surface area (Å²) in [5.41, 5.74) is 0.632. The van der Waals surface area contributed by atoms with Gasteiger partial charge in [0.15, 0.2) is 12.2 Å². The lowest BCUT2D eigenvalue weighted by Gasteiger charge is -2.12. The zero-order valence-electron chi connectivity index (χ0n) is 14.4. The normalized spacial score (nSPS) is 12.4. The molecule has 1 aromatic carbocycles. The molecule has 0 atom stereocenters. The second-order valence-corrected chi connectivity index (χ2v) is 7.52. The molecular formula is C16H14F3N3O5S. The van der Waals surface area contributed by atoms with Crippen LogP contribution in [0, 0.1) is 0 Å². The van der Waals surface area contributed by atoms with Gasteiger partial charge in [0, 0.05) is 31.4 Å². The van der Waals surface area contributed by atoms with Crippen LogP contribution in [0.25, 0.3) is 11.1 Å². The van der Waals surface area contributed by atoms with E-state index in [1.54, 1.807) is 0 Å². The second kappa shape index (κ2) is 7.28. The lowest BCUT2D eigenvalue weighted by Crippen LogP contribution is -2.25. The average molecular weight is 417 g/mol. The molecule has 0 aliphatic heterocycles. The average Bonchev–Trinajstić information content (AvgIpc) is 2.92. The number of nitrogens with zero attached hydrogens (tertiary/aromatic N) is 2. The molecule has 12 heteroatoms. The van der Waals surface area contributed by atoms with Crippen molar-refractivity contribution in [2.45, 2.75) is 17.6 Å². The Morgan fingerprint density at radius 2 is 2.04 bits per heavy atom. The summed E-state index contributed by atoms with van der Waals surface area (Å²) in [4.78, 5) is 15.0. The van der Waals surface area contributed by atoms with Crippen molar-refractivity contribution in [3.63, 3.8) is 0 Å². The highest BCUT2D eigenvalue weighted by atomic mass is 32.2. The fourth-order valence-corrected chi connectivity index (χ4v) is 3.40. The monoisotopic (exact) mass is 417 g/mol. The first-order valence-corrected chi connectivity index (χ1v) is 9.28. The van der Waals surface area contributed by atoms with E-state index in [9.17, 15) is 26.4 Å². The summed E-state index contributed by atoms with van der Waals surface area (Å²) in [7, 11) is -2.56. The van der Waals surface area contributed by atoms with Crippen molar-refractivity contribution in [3.8, 4) is 5.88 Å². The van der Waals surface area contributed by atoms with Gasteiger partial charge in [-0.15, -0.1) is 0 Å². The number of hydrogen-bond donors (Lipinski definition) is 1. The molecule has 2 aromatic heterocycles. The SMILES string of the molecule is Cn1c(=O)oc2cc(S(=O)(=O)NCc3cccnc3OCC(F)(F)F)ccc21. The van der Waals surface area contributed by atoms with Crippen molar-refractivity contribution < 1.29 is 30.7 Å². The van der Waals surface area contributed by atoms with Crippen molar-refractivity contribution >= 4 is 21.1 Å². The van der Waals surface area contributed by atoms with Crippen LogP contribution in [0.15, 0.2) is 50.6 Å². The van der Waals surface area contributed by atoms with Gasteiger partial charge < -0.3 is 9.15 Å². The third-order valence-electron chi connectivity index (χ3n) is 3.75. The minimum Gasteiger partial charge on any atom is -0.468 e. The molecule has 1 N–H and O–H groups in total. The number of fused-ring (bicyclic) bond motifs is 1. The van der Waals surface area contributed by atoms with E-state index >= 15 is 0 Å². The Kier molecular flexibility index (Phi) is 5.17.